The number of nitrogens with zero attached hydrogens (tertiary/aromatic N) is 2. The number of ether oxygens (including phenoxy) is 1. The average Bonchev–Trinajstić information content (AvgIpc) is 2.84. The zero-order valence-corrected chi connectivity index (χ0v) is 11.5. The Kier molecular flexibility index (Phi) is 4.00. The third-order valence-electron chi connectivity index (χ3n) is 2.86. The van der Waals surface area contributed by atoms with E-state index in [-0.39, 0.29) is 5.92 Å². The molecule has 0 unspecified atom stereocenters. The van der Waals surface area contributed by atoms with Crippen LogP contribution in [-0.2, 0) is 0 Å². The van der Waals surface area contributed by atoms with Gasteiger partial charge in [-0.1, -0.05) is 13.8 Å². The van der Waals surface area contributed by atoms with Crippen molar-refractivity contribution in [3.63, 3.8) is 0 Å². The Balaban J connectivity index is 2.33. The van der Waals surface area contributed by atoms with Crippen molar-refractivity contribution in [1.82, 2.24) is 9.78 Å². The molecule has 0 aliphatic rings. The second-order valence-corrected chi connectivity index (χ2v) is 4.61. The second kappa shape index (κ2) is 5.69. The fourth-order valence-electron chi connectivity index (χ4n) is 1.93. The van der Waals surface area contributed by atoms with Gasteiger partial charge in [-0.3, -0.25) is 4.79 Å². The molecule has 1 heterocycles. The van der Waals surface area contributed by atoms with Crippen LogP contribution in [-0.4, -0.2) is 22.7 Å². The van der Waals surface area contributed by atoms with Gasteiger partial charge in [0.1, 0.15) is 5.75 Å². The van der Waals surface area contributed by atoms with E-state index in [1.807, 2.05) is 45.0 Å². The van der Waals surface area contributed by atoms with E-state index in [2.05, 4.69) is 5.10 Å². The Morgan fingerprint density at radius 1 is 1.32 bits per heavy atom. The van der Waals surface area contributed by atoms with Crippen molar-refractivity contribution >= 4 is 6.29 Å². The molecule has 0 aliphatic heterocycles. The van der Waals surface area contributed by atoms with Crippen LogP contribution in [0.1, 0.15) is 42.7 Å². The maximum absolute atomic E-state index is 11.0. The predicted molar refractivity (Wildman–Crippen MR) is 74.2 cm³/mol. The zero-order chi connectivity index (χ0) is 13.8. The van der Waals surface area contributed by atoms with E-state index < -0.39 is 0 Å². The monoisotopic (exact) mass is 258 g/mol. The van der Waals surface area contributed by atoms with Crippen molar-refractivity contribution in [2.24, 2.45) is 0 Å². The lowest BCUT2D eigenvalue weighted by molar-refractivity contribution is 0.112. The summed E-state index contributed by atoms with van der Waals surface area (Å²) in [5.74, 6) is 1.06. The molecule has 0 atom stereocenters. The molecule has 4 nitrogen and oxygen atoms in total. The fraction of sp³-hybridized carbons (Fsp3) is 0.333. The van der Waals surface area contributed by atoms with E-state index in [4.69, 9.17) is 4.74 Å². The maximum atomic E-state index is 11.0. The SMILES string of the molecule is CCOc1ccc(-n2cc(C=O)c(C(C)C)n2)cc1. The molecule has 0 radical (unpaired) electrons. The van der Waals surface area contributed by atoms with Gasteiger partial charge in [0.05, 0.1) is 23.6 Å². The standard InChI is InChI=1S/C15H18N2O2/c1-4-19-14-7-5-13(6-8-14)17-9-12(10-18)15(16-17)11(2)3/h5-11H,4H2,1-3H3. The number of rotatable bonds is 5. The number of hydrogen-bond acceptors (Lipinski definition) is 3. The molecule has 19 heavy (non-hydrogen) atoms. The highest BCUT2D eigenvalue weighted by Crippen LogP contribution is 2.20. The molecule has 2 aromatic rings. The molecule has 1 aromatic carbocycles. The van der Waals surface area contributed by atoms with E-state index >= 15 is 0 Å². The van der Waals surface area contributed by atoms with Gasteiger partial charge in [0.2, 0.25) is 0 Å². The van der Waals surface area contributed by atoms with Gasteiger partial charge in [-0.05, 0) is 37.1 Å². The van der Waals surface area contributed by atoms with Gasteiger partial charge in [-0.25, -0.2) is 4.68 Å². The number of benzene rings is 1. The highest BCUT2D eigenvalue weighted by atomic mass is 16.5. The van der Waals surface area contributed by atoms with Gasteiger partial charge in [-0.15, -0.1) is 0 Å². The lowest BCUT2D eigenvalue weighted by Gasteiger charge is -2.05. The Morgan fingerprint density at radius 2 is 2.00 bits per heavy atom. The van der Waals surface area contributed by atoms with Crippen molar-refractivity contribution in [1.29, 1.82) is 0 Å². The molecule has 0 bridgehead atoms. The first kappa shape index (κ1) is 13.3. The molecular formula is C15H18N2O2. The lowest BCUT2D eigenvalue weighted by atomic mass is 10.1. The summed E-state index contributed by atoms with van der Waals surface area (Å²) in [5, 5.41) is 4.47. The van der Waals surface area contributed by atoms with Crippen LogP contribution < -0.4 is 4.74 Å². The van der Waals surface area contributed by atoms with E-state index in [1.165, 1.54) is 0 Å². The smallest absolute Gasteiger partial charge is 0.153 e. The van der Waals surface area contributed by atoms with Gasteiger partial charge >= 0.3 is 0 Å². The zero-order valence-electron chi connectivity index (χ0n) is 11.5. The van der Waals surface area contributed by atoms with Crippen LogP contribution in [0.2, 0.25) is 0 Å². The van der Waals surface area contributed by atoms with Crippen LogP contribution in [0, 0.1) is 0 Å². The Labute approximate surface area is 113 Å². The quantitative estimate of drug-likeness (QED) is 0.773. The van der Waals surface area contributed by atoms with Crippen molar-refractivity contribution in [2.75, 3.05) is 6.61 Å². The summed E-state index contributed by atoms with van der Waals surface area (Å²) in [6.07, 6.45) is 2.62. The largest absolute Gasteiger partial charge is 0.494 e. The molecule has 0 N–H and O–H groups in total. The number of carbonyl (C=O) groups is 1. The van der Waals surface area contributed by atoms with Crippen molar-refractivity contribution in [2.45, 2.75) is 26.7 Å². The van der Waals surface area contributed by atoms with Crippen LogP contribution in [0.4, 0.5) is 0 Å². The molecule has 2 rings (SSSR count). The Morgan fingerprint density at radius 3 is 2.47 bits per heavy atom. The molecule has 0 fully saturated rings. The van der Waals surface area contributed by atoms with E-state index in [9.17, 15) is 4.79 Å². The van der Waals surface area contributed by atoms with Crippen molar-refractivity contribution < 1.29 is 9.53 Å². The van der Waals surface area contributed by atoms with Gasteiger partial charge in [0, 0.05) is 6.20 Å². The molecule has 0 saturated heterocycles. The summed E-state index contributed by atoms with van der Waals surface area (Å²) >= 11 is 0. The van der Waals surface area contributed by atoms with Crippen LogP contribution in [0.15, 0.2) is 30.5 Å². The summed E-state index contributed by atoms with van der Waals surface area (Å²) in [5.41, 5.74) is 2.38. The number of carbonyl (C=O) groups excluding carboxylic acids is 1. The first-order valence-electron chi connectivity index (χ1n) is 6.43. The summed E-state index contributed by atoms with van der Waals surface area (Å²) in [7, 11) is 0. The third kappa shape index (κ3) is 2.84. The number of aromatic nitrogens is 2. The maximum Gasteiger partial charge on any atom is 0.153 e. The fourth-order valence-corrected chi connectivity index (χ4v) is 1.93. The molecule has 0 amide bonds. The topological polar surface area (TPSA) is 44.1 Å². The summed E-state index contributed by atoms with van der Waals surface area (Å²) in [6.45, 7) is 6.65. The minimum Gasteiger partial charge on any atom is -0.494 e. The van der Waals surface area contributed by atoms with Gasteiger partial charge in [0.25, 0.3) is 0 Å². The Hall–Kier alpha value is -2.10. The van der Waals surface area contributed by atoms with Crippen molar-refractivity contribution in [3.8, 4) is 11.4 Å². The molecule has 1 aromatic heterocycles. The normalized spacial score (nSPS) is 10.7. The Bertz CT molecular complexity index is 556. The highest BCUT2D eigenvalue weighted by Gasteiger charge is 2.12. The minimum atomic E-state index is 0.226. The van der Waals surface area contributed by atoms with Gasteiger partial charge in [-0.2, -0.15) is 5.10 Å². The number of aldehydes is 1. The lowest BCUT2D eigenvalue weighted by Crippen LogP contribution is -1.98. The van der Waals surface area contributed by atoms with Gasteiger partial charge in [0.15, 0.2) is 6.29 Å². The summed E-state index contributed by atoms with van der Waals surface area (Å²) in [4.78, 5) is 11.0. The summed E-state index contributed by atoms with van der Waals surface area (Å²) in [6, 6.07) is 7.65. The first-order chi connectivity index (χ1) is 9.15. The van der Waals surface area contributed by atoms with Crippen LogP contribution >= 0.6 is 0 Å². The summed E-state index contributed by atoms with van der Waals surface area (Å²) < 4.78 is 7.13. The van der Waals surface area contributed by atoms with Crippen LogP contribution in [0.25, 0.3) is 5.69 Å². The molecule has 0 spiro atoms. The minimum absolute atomic E-state index is 0.226. The average molecular weight is 258 g/mol. The predicted octanol–water partition coefficient (Wildman–Crippen LogP) is 3.21. The van der Waals surface area contributed by atoms with Crippen molar-refractivity contribution in [3.05, 3.63) is 41.7 Å². The van der Waals surface area contributed by atoms with Gasteiger partial charge < -0.3 is 4.74 Å². The third-order valence-corrected chi connectivity index (χ3v) is 2.86. The first-order valence-corrected chi connectivity index (χ1v) is 6.43. The molecule has 100 valence electrons. The van der Waals surface area contributed by atoms with E-state index in [0.717, 1.165) is 23.4 Å². The van der Waals surface area contributed by atoms with Crippen LogP contribution in [0.5, 0.6) is 5.75 Å². The number of hydrogen-bond donors (Lipinski definition) is 0. The molecule has 4 heteroatoms. The van der Waals surface area contributed by atoms with E-state index in [0.29, 0.717) is 12.2 Å². The second-order valence-electron chi connectivity index (χ2n) is 4.61. The molecular weight excluding hydrogens is 240 g/mol. The van der Waals surface area contributed by atoms with E-state index in [1.54, 1.807) is 10.9 Å². The molecule has 0 saturated carbocycles. The highest BCUT2D eigenvalue weighted by molar-refractivity contribution is 5.76. The van der Waals surface area contributed by atoms with Crippen LogP contribution in [0.3, 0.4) is 0 Å². The molecule has 0 aliphatic carbocycles.